The van der Waals surface area contributed by atoms with Gasteiger partial charge in [0.05, 0.1) is 50.1 Å². The zero-order valence-electron chi connectivity index (χ0n) is 36.5. The van der Waals surface area contributed by atoms with E-state index in [9.17, 15) is 19.2 Å². The van der Waals surface area contributed by atoms with Crippen molar-refractivity contribution in [2.45, 2.75) is 20.0 Å². The number of carbonyl (C=O) groups is 4. The van der Waals surface area contributed by atoms with Crippen LogP contribution in [0, 0.1) is 0 Å². The number of amides is 2. The maximum absolute atomic E-state index is 13.3. The molecular weight excluding hydrogens is 938 g/mol. The molecule has 67 heavy (non-hydrogen) atoms. The van der Waals surface area contributed by atoms with E-state index in [1.165, 1.54) is 7.11 Å². The number of Topliss-reactive ketones (excluding diaryl/α,β-unsaturated/α-hetero) is 2. The van der Waals surface area contributed by atoms with Crippen LogP contribution in [0.3, 0.4) is 0 Å². The molecule has 0 bridgehead atoms. The fraction of sp³-hybridized carbons (Fsp3) is 0.137. The van der Waals surface area contributed by atoms with Gasteiger partial charge in [-0.1, -0.05) is 70.7 Å². The molecule has 2 heterocycles. The van der Waals surface area contributed by atoms with Crippen molar-refractivity contribution < 1.29 is 38.1 Å². The van der Waals surface area contributed by atoms with Crippen LogP contribution in [-0.2, 0) is 22.7 Å². The Bertz CT molecular complexity index is 3100. The van der Waals surface area contributed by atoms with Crippen molar-refractivity contribution in [2.24, 2.45) is 0 Å². The van der Waals surface area contributed by atoms with E-state index in [1.807, 2.05) is 49.4 Å². The van der Waals surface area contributed by atoms with Crippen molar-refractivity contribution in [3.8, 4) is 23.0 Å². The van der Waals surface area contributed by atoms with Gasteiger partial charge in [-0.3, -0.25) is 19.2 Å². The molecule has 0 aliphatic rings. The maximum atomic E-state index is 13.3. The Morgan fingerprint density at radius 1 is 0.478 bits per heavy atom. The Labute approximate surface area is 405 Å². The summed E-state index contributed by atoms with van der Waals surface area (Å²) in [6, 6.07) is 38.7. The van der Waals surface area contributed by atoms with E-state index in [0.29, 0.717) is 85.9 Å². The Morgan fingerprint density at radius 2 is 0.836 bits per heavy atom. The number of ether oxygens (including phenoxy) is 4. The summed E-state index contributed by atoms with van der Waals surface area (Å²) in [5.74, 6) is -0.665. The predicted octanol–water partition coefficient (Wildman–Crippen LogP) is 12.1. The summed E-state index contributed by atoms with van der Waals surface area (Å²) in [5, 5.41) is 7.91. The van der Waals surface area contributed by atoms with Gasteiger partial charge >= 0.3 is 0 Å². The Morgan fingerprint density at radius 3 is 1.21 bits per heavy atom. The minimum absolute atomic E-state index is 0.116. The molecule has 0 aliphatic heterocycles. The van der Waals surface area contributed by atoms with Crippen LogP contribution in [0.1, 0.15) is 38.8 Å². The van der Waals surface area contributed by atoms with E-state index < -0.39 is 23.4 Å². The van der Waals surface area contributed by atoms with Gasteiger partial charge in [-0.25, -0.2) is 0 Å². The van der Waals surface area contributed by atoms with Gasteiger partial charge in [0.1, 0.15) is 33.3 Å². The van der Waals surface area contributed by atoms with Crippen LogP contribution >= 0.6 is 46.4 Å². The van der Waals surface area contributed by atoms with Crippen molar-refractivity contribution in [3.63, 3.8) is 0 Å². The molecule has 0 atom stereocenters. The first-order valence-corrected chi connectivity index (χ1v) is 22.1. The SMILES string of the molecule is CCOc1ccc2c(c1)c(C(=O)C(=O)Nc1ccc(OC)cc1)c(Cl)n2Cc1ccc(Cl)cc1.COc1ccc(NC(=O)C(=O)c2c(Cl)n(Cc3ccc(Cl)cc3)c3ccc(OC)cc23)cc1. The van der Waals surface area contributed by atoms with Gasteiger partial charge < -0.3 is 38.7 Å². The number of hydrogen-bond donors (Lipinski definition) is 2. The molecule has 0 unspecified atom stereocenters. The van der Waals surface area contributed by atoms with Gasteiger partial charge in [0.25, 0.3) is 23.4 Å². The third kappa shape index (κ3) is 11.0. The lowest BCUT2D eigenvalue weighted by Gasteiger charge is -2.08. The van der Waals surface area contributed by atoms with Crippen LogP contribution in [-0.4, -0.2) is 60.5 Å². The first kappa shape index (κ1) is 48.0. The molecule has 2 N–H and O–H groups in total. The highest BCUT2D eigenvalue weighted by Crippen LogP contribution is 2.36. The lowest BCUT2D eigenvalue weighted by molar-refractivity contribution is -0.113. The fourth-order valence-electron chi connectivity index (χ4n) is 7.23. The summed E-state index contributed by atoms with van der Waals surface area (Å²) >= 11 is 25.4. The van der Waals surface area contributed by atoms with E-state index in [-0.39, 0.29) is 21.4 Å². The summed E-state index contributed by atoms with van der Waals surface area (Å²) in [5.41, 5.74) is 4.47. The van der Waals surface area contributed by atoms with Gasteiger partial charge in [0.2, 0.25) is 0 Å². The van der Waals surface area contributed by atoms with Crippen LogP contribution < -0.4 is 29.6 Å². The number of anilines is 2. The third-order valence-electron chi connectivity index (χ3n) is 10.6. The first-order valence-electron chi connectivity index (χ1n) is 20.6. The average Bonchev–Trinajstić information content (AvgIpc) is 3.77. The summed E-state index contributed by atoms with van der Waals surface area (Å²) < 4.78 is 24.8. The molecule has 16 heteroatoms. The van der Waals surface area contributed by atoms with Crippen LogP contribution in [0.25, 0.3) is 21.8 Å². The van der Waals surface area contributed by atoms with Crippen molar-refractivity contribution in [3.05, 3.63) is 176 Å². The number of halogens is 4. The molecule has 0 spiro atoms. The van der Waals surface area contributed by atoms with E-state index >= 15 is 0 Å². The molecule has 0 aliphatic carbocycles. The highest BCUT2D eigenvalue weighted by molar-refractivity contribution is 6.52. The average molecular weight is 981 g/mol. The molecule has 0 radical (unpaired) electrons. The minimum atomic E-state index is -0.796. The molecule has 8 aromatic rings. The number of hydrogen-bond acceptors (Lipinski definition) is 8. The topological polar surface area (TPSA) is 139 Å². The normalized spacial score (nSPS) is 10.8. The summed E-state index contributed by atoms with van der Waals surface area (Å²) in [7, 11) is 4.63. The van der Waals surface area contributed by atoms with Crippen molar-refractivity contribution in [1.82, 2.24) is 9.13 Å². The smallest absolute Gasteiger partial charge is 0.296 e. The van der Waals surface area contributed by atoms with Crippen molar-refractivity contribution in [1.29, 1.82) is 0 Å². The molecule has 8 rings (SSSR count). The van der Waals surface area contributed by atoms with E-state index in [4.69, 9.17) is 65.4 Å². The standard InChI is InChI=1S/C26H22Cl2N2O4.C25H20Cl2N2O4/c1-3-34-20-12-13-22-21(14-20)23(25(28)30(22)15-16-4-6-17(27)7-5-16)24(31)26(32)29-18-8-10-19(33-2)11-9-18;1-32-18-9-7-17(8-10-18)28-25(31)23(30)22-20-13-19(33-2)11-12-21(20)29(24(22)27)14-15-3-5-16(26)6-4-15/h4-14H,3,15H2,1-2H3,(H,29,32);3-13H,14H2,1-2H3,(H,28,31). The highest BCUT2D eigenvalue weighted by Gasteiger charge is 2.29. The molecule has 2 aromatic heterocycles. The molecule has 0 saturated heterocycles. The molecule has 342 valence electrons. The second-order valence-corrected chi connectivity index (χ2v) is 16.4. The van der Waals surface area contributed by atoms with Gasteiger partial charge in [0.15, 0.2) is 0 Å². The third-order valence-corrected chi connectivity index (χ3v) is 11.8. The number of fused-ring (bicyclic) bond motifs is 2. The second kappa shape index (κ2) is 21.6. The fourth-order valence-corrected chi connectivity index (χ4v) is 8.15. The van der Waals surface area contributed by atoms with Gasteiger partial charge in [-0.15, -0.1) is 0 Å². The highest BCUT2D eigenvalue weighted by atomic mass is 35.5. The second-order valence-electron chi connectivity index (χ2n) is 14.8. The molecule has 0 fully saturated rings. The van der Waals surface area contributed by atoms with Crippen LogP contribution in [0.5, 0.6) is 23.0 Å². The number of benzene rings is 6. The molecular formula is C51H42Cl4N4O8. The number of methoxy groups -OCH3 is 3. The van der Waals surface area contributed by atoms with Gasteiger partial charge in [-0.05, 0) is 127 Å². The lowest BCUT2D eigenvalue weighted by Crippen LogP contribution is -2.23. The van der Waals surface area contributed by atoms with E-state index in [0.717, 1.165) is 11.1 Å². The van der Waals surface area contributed by atoms with Gasteiger partial charge in [-0.2, -0.15) is 0 Å². The number of nitrogens with one attached hydrogen (secondary N) is 2. The summed E-state index contributed by atoms with van der Waals surface area (Å²) in [6.45, 7) is 3.13. The first-order chi connectivity index (χ1) is 32.3. The maximum Gasteiger partial charge on any atom is 0.296 e. The quantitative estimate of drug-likeness (QED) is 0.0765. The number of aromatic nitrogens is 2. The van der Waals surface area contributed by atoms with Crippen LogP contribution in [0.4, 0.5) is 11.4 Å². The molecule has 2 amide bonds. The largest absolute Gasteiger partial charge is 0.497 e. The van der Waals surface area contributed by atoms with E-state index in [2.05, 4.69) is 10.6 Å². The Hall–Kier alpha value is -6.96. The Kier molecular flexibility index (Phi) is 15.4. The number of rotatable bonds is 15. The van der Waals surface area contributed by atoms with Crippen molar-refractivity contribution >= 4 is 103 Å². The lowest BCUT2D eigenvalue weighted by atomic mass is 10.1. The van der Waals surface area contributed by atoms with E-state index in [1.54, 1.807) is 114 Å². The van der Waals surface area contributed by atoms with Gasteiger partial charge in [0, 0.05) is 45.3 Å². The Balaban J connectivity index is 0.000000199. The zero-order valence-corrected chi connectivity index (χ0v) is 39.5. The van der Waals surface area contributed by atoms with Crippen LogP contribution in [0.2, 0.25) is 20.4 Å². The minimum Gasteiger partial charge on any atom is -0.497 e. The molecule has 12 nitrogen and oxygen atoms in total. The number of nitrogens with zero attached hydrogens (tertiary/aromatic N) is 2. The zero-order chi connectivity index (χ0) is 47.8. The number of carbonyl (C=O) groups excluding carboxylic acids is 4. The molecule has 0 saturated carbocycles. The monoisotopic (exact) mass is 978 g/mol. The predicted molar refractivity (Wildman–Crippen MR) is 265 cm³/mol. The molecule has 6 aromatic carbocycles. The van der Waals surface area contributed by atoms with Crippen molar-refractivity contribution in [2.75, 3.05) is 38.6 Å². The number of ketones is 2. The summed E-state index contributed by atoms with van der Waals surface area (Å²) in [6.07, 6.45) is 0. The summed E-state index contributed by atoms with van der Waals surface area (Å²) in [4.78, 5) is 52.2. The van der Waals surface area contributed by atoms with Crippen LogP contribution in [0.15, 0.2) is 133 Å².